The summed E-state index contributed by atoms with van der Waals surface area (Å²) in [5.41, 5.74) is 0.750. The number of aliphatic hydroxyl groups is 1. The van der Waals surface area contributed by atoms with E-state index in [0.29, 0.717) is 6.42 Å². The van der Waals surface area contributed by atoms with E-state index in [1.807, 2.05) is 13.0 Å². The Kier molecular flexibility index (Phi) is 9.05. The number of hydrogen-bond donors (Lipinski definition) is 2. The minimum Gasteiger partial charge on any atom is -0.481 e. The number of aliphatic hydroxyl groups excluding tert-OH is 1. The smallest absolute Gasteiger partial charge is 0.307 e. The number of carbonyl (C=O) groups excluding carboxylic acids is 1. The Labute approximate surface area is 101 Å². The lowest BCUT2D eigenvalue weighted by molar-refractivity contribution is -0.144. The first-order valence-electron chi connectivity index (χ1n) is 5.76. The number of ether oxygens (including phenoxy) is 1. The summed E-state index contributed by atoms with van der Waals surface area (Å²) in [6.07, 6.45) is 4.15. The minimum atomic E-state index is -0.893. The highest BCUT2D eigenvalue weighted by Crippen LogP contribution is 2.12. The third-order valence-electron chi connectivity index (χ3n) is 2.10. The minimum absolute atomic E-state index is 0.00816. The maximum absolute atomic E-state index is 11.2. The highest BCUT2D eigenvalue weighted by molar-refractivity contribution is 5.72. The number of carbonyl (C=O) groups is 2. The Morgan fingerprint density at radius 3 is 2.53 bits per heavy atom. The lowest BCUT2D eigenvalue weighted by Gasteiger charge is -2.05. The molecule has 0 aromatic heterocycles. The summed E-state index contributed by atoms with van der Waals surface area (Å²) in [6.45, 7) is 1.80. The van der Waals surface area contributed by atoms with Crippen LogP contribution < -0.4 is 0 Å². The van der Waals surface area contributed by atoms with Gasteiger partial charge in [-0.1, -0.05) is 25.0 Å². The van der Waals surface area contributed by atoms with Gasteiger partial charge in [0.25, 0.3) is 0 Å². The Bertz CT molecular complexity index is 270. The number of hydrogen-bond acceptors (Lipinski definition) is 4. The lowest BCUT2D eigenvalue weighted by atomic mass is 10.0. The molecule has 0 rings (SSSR count). The van der Waals surface area contributed by atoms with Crippen LogP contribution in [0, 0.1) is 0 Å². The molecule has 0 unspecified atom stereocenters. The van der Waals surface area contributed by atoms with E-state index in [-0.39, 0.29) is 26.1 Å². The van der Waals surface area contributed by atoms with Crippen LogP contribution in [0.1, 0.15) is 39.0 Å². The molecular formula is C12H20O5. The fourth-order valence-electron chi connectivity index (χ4n) is 1.30. The van der Waals surface area contributed by atoms with Crippen molar-refractivity contribution in [3.8, 4) is 0 Å². The maximum Gasteiger partial charge on any atom is 0.307 e. The van der Waals surface area contributed by atoms with Crippen LogP contribution in [0.15, 0.2) is 11.6 Å². The fraction of sp³-hybridized carbons (Fsp3) is 0.667. The molecule has 0 aliphatic carbocycles. The summed E-state index contributed by atoms with van der Waals surface area (Å²) in [7, 11) is 0. The van der Waals surface area contributed by atoms with Crippen LogP contribution in [-0.2, 0) is 14.3 Å². The molecule has 0 bridgehead atoms. The van der Waals surface area contributed by atoms with Gasteiger partial charge in [-0.15, -0.1) is 0 Å². The molecule has 0 saturated carbocycles. The van der Waals surface area contributed by atoms with E-state index < -0.39 is 11.9 Å². The molecule has 0 aliphatic rings. The summed E-state index contributed by atoms with van der Waals surface area (Å²) in [5.74, 6) is -1.30. The molecule has 0 aromatic carbocycles. The second-order valence-electron chi connectivity index (χ2n) is 3.67. The van der Waals surface area contributed by atoms with Gasteiger partial charge in [0.05, 0.1) is 13.0 Å². The van der Waals surface area contributed by atoms with E-state index in [9.17, 15) is 9.59 Å². The van der Waals surface area contributed by atoms with Crippen LogP contribution in [0.2, 0.25) is 0 Å². The molecule has 0 aliphatic heterocycles. The highest BCUT2D eigenvalue weighted by Gasteiger charge is 2.08. The molecule has 5 heteroatoms. The van der Waals surface area contributed by atoms with Crippen molar-refractivity contribution >= 4 is 11.9 Å². The zero-order chi connectivity index (χ0) is 13.1. The number of carboxylic acid groups (broad SMARTS) is 1. The van der Waals surface area contributed by atoms with Gasteiger partial charge < -0.3 is 14.9 Å². The zero-order valence-electron chi connectivity index (χ0n) is 10.1. The molecule has 17 heavy (non-hydrogen) atoms. The Morgan fingerprint density at radius 1 is 1.29 bits per heavy atom. The zero-order valence-corrected chi connectivity index (χ0v) is 10.1. The molecular weight excluding hydrogens is 224 g/mol. The van der Waals surface area contributed by atoms with Crippen molar-refractivity contribution in [2.24, 2.45) is 0 Å². The van der Waals surface area contributed by atoms with E-state index >= 15 is 0 Å². The summed E-state index contributed by atoms with van der Waals surface area (Å²) in [4.78, 5) is 21.8. The number of allylic oxidation sites excluding steroid dienone is 1. The molecule has 0 spiro atoms. The average Bonchev–Trinajstić information content (AvgIpc) is 2.29. The summed E-state index contributed by atoms with van der Waals surface area (Å²) >= 11 is 0. The number of carboxylic acids is 1. The predicted octanol–water partition coefficient (Wildman–Crippen LogP) is 1.50. The molecule has 0 fully saturated rings. The molecule has 2 N–H and O–H groups in total. The summed E-state index contributed by atoms with van der Waals surface area (Å²) in [6, 6.07) is 0. The summed E-state index contributed by atoms with van der Waals surface area (Å²) < 4.78 is 4.69. The van der Waals surface area contributed by atoms with Crippen molar-refractivity contribution in [2.75, 3.05) is 13.2 Å². The van der Waals surface area contributed by atoms with Gasteiger partial charge in [-0.2, -0.15) is 0 Å². The molecule has 0 radical (unpaired) electrons. The summed E-state index contributed by atoms with van der Waals surface area (Å²) in [5, 5.41) is 17.2. The van der Waals surface area contributed by atoms with Crippen molar-refractivity contribution in [3.63, 3.8) is 0 Å². The topological polar surface area (TPSA) is 83.8 Å². The van der Waals surface area contributed by atoms with Gasteiger partial charge in [0.2, 0.25) is 0 Å². The first-order chi connectivity index (χ1) is 8.10. The van der Waals surface area contributed by atoms with Gasteiger partial charge in [0, 0.05) is 6.42 Å². The van der Waals surface area contributed by atoms with E-state index in [2.05, 4.69) is 4.74 Å². The van der Waals surface area contributed by atoms with Crippen LogP contribution in [-0.4, -0.2) is 35.4 Å². The van der Waals surface area contributed by atoms with Crippen molar-refractivity contribution < 1.29 is 24.5 Å². The number of unbranched alkanes of at least 4 members (excludes halogenated alkanes) is 1. The molecule has 5 nitrogen and oxygen atoms in total. The molecule has 0 atom stereocenters. The van der Waals surface area contributed by atoms with Crippen molar-refractivity contribution in [1.29, 1.82) is 0 Å². The number of rotatable bonds is 9. The monoisotopic (exact) mass is 244 g/mol. The number of aliphatic carboxylic acids is 1. The first kappa shape index (κ1) is 15.6. The quantitative estimate of drug-likeness (QED) is 0.474. The van der Waals surface area contributed by atoms with E-state index in [4.69, 9.17) is 10.2 Å². The first-order valence-corrected chi connectivity index (χ1v) is 5.76. The van der Waals surface area contributed by atoms with Gasteiger partial charge in [0.1, 0.15) is 6.61 Å². The van der Waals surface area contributed by atoms with Crippen LogP contribution in [0.25, 0.3) is 0 Å². The van der Waals surface area contributed by atoms with Crippen LogP contribution in [0.4, 0.5) is 0 Å². The van der Waals surface area contributed by atoms with Gasteiger partial charge in [0.15, 0.2) is 0 Å². The largest absolute Gasteiger partial charge is 0.481 e. The maximum atomic E-state index is 11.2. The molecule has 0 heterocycles. The SMILES string of the molecule is CCCC=C(CCC(=O)OCCO)CC(=O)O. The lowest BCUT2D eigenvalue weighted by Crippen LogP contribution is -2.09. The van der Waals surface area contributed by atoms with E-state index in [1.165, 1.54) is 0 Å². The number of esters is 1. The van der Waals surface area contributed by atoms with Crippen LogP contribution in [0.5, 0.6) is 0 Å². The molecule has 0 aromatic rings. The van der Waals surface area contributed by atoms with Gasteiger partial charge in [-0.3, -0.25) is 9.59 Å². The van der Waals surface area contributed by atoms with Crippen molar-refractivity contribution in [2.45, 2.75) is 39.0 Å². The average molecular weight is 244 g/mol. The van der Waals surface area contributed by atoms with Gasteiger partial charge in [-0.25, -0.2) is 0 Å². The molecule has 0 amide bonds. The normalized spacial score (nSPS) is 11.3. The van der Waals surface area contributed by atoms with Crippen molar-refractivity contribution in [1.82, 2.24) is 0 Å². The second-order valence-corrected chi connectivity index (χ2v) is 3.67. The standard InChI is InChI=1S/C12H20O5/c1-2-3-4-10(9-11(14)15)5-6-12(16)17-8-7-13/h4,13H,2-3,5-9H2,1H3,(H,14,15). The Balaban J connectivity index is 4.06. The van der Waals surface area contributed by atoms with Gasteiger partial charge >= 0.3 is 11.9 Å². The third-order valence-corrected chi connectivity index (χ3v) is 2.10. The second kappa shape index (κ2) is 9.84. The Morgan fingerprint density at radius 2 is 2.00 bits per heavy atom. The van der Waals surface area contributed by atoms with Crippen molar-refractivity contribution in [3.05, 3.63) is 11.6 Å². The van der Waals surface area contributed by atoms with Gasteiger partial charge in [-0.05, 0) is 12.8 Å². The third kappa shape index (κ3) is 9.56. The van der Waals surface area contributed by atoms with Crippen LogP contribution in [0.3, 0.4) is 0 Å². The van der Waals surface area contributed by atoms with Crippen LogP contribution >= 0.6 is 0 Å². The fourth-order valence-corrected chi connectivity index (χ4v) is 1.30. The highest BCUT2D eigenvalue weighted by atomic mass is 16.5. The van der Waals surface area contributed by atoms with E-state index in [1.54, 1.807) is 0 Å². The molecule has 98 valence electrons. The predicted molar refractivity (Wildman–Crippen MR) is 62.5 cm³/mol. The Hall–Kier alpha value is -1.36. The molecule has 0 saturated heterocycles. The van der Waals surface area contributed by atoms with E-state index in [0.717, 1.165) is 18.4 Å².